The summed E-state index contributed by atoms with van der Waals surface area (Å²) in [6.45, 7) is 6.25. The Hall–Kier alpha value is -1.89. The lowest BCUT2D eigenvalue weighted by atomic mass is 9.93. The van der Waals surface area contributed by atoms with Gasteiger partial charge in [-0.2, -0.15) is 0 Å². The molecule has 29 heavy (non-hydrogen) atoms. The lowest BCUT2D eigenvalue weighted by Crippen LogP contribution is -2.37. The molecule has 1 aromatic carbocycles. The standard InChI is InChI=1S/C22H30ClN5O/c1-26(2)19-5-3-17(4-6-19)16-27-9-7-18(8-10-27)20-15-21(23)25-22(24-20)28-11-13-29-14-12-28/h3-6,15,18H,7-14,16H2,1-2H3. The van der Waals surface area contributed by atoms with Crippen molar-refractivity contribution < 1.29 is 4.74 Å². The van der Waals surface area contributed by atoms with Crippen molar-refractivity contribution in [3.05, 3.63) is 46.7 Å². The molecule has 0 bridgehead atoms. The highest BCUT2D eigenvalue weighted by atomic mass is 35.5. The first-order valence-electron chi connectivity index (χ1n) is 10.4. The van der Waals surface area contributed by atoms with Gasteiger partial charge in [0.15, 0.2) is 0 Å². The van der Waals surface area contributed by atoms with Crippen molar-refractivity contribution in [2.24, 2.45) is 0 Å². The van der Waals surface area contributed by atoms with Crippen molar-refractivity contribution >= 4 is 23.2 Å². The number of halogens is 1. The number of likely N-dealkylation sites (tertiary alicyclic amines) is 1. The molecule has 2 aromatic rings. The first kappa shape index (κ1) is 20.4. The summed E-state index contributed by atoms with van der Waals surface area (Å²) in [5, 5.41) is 0.542. The summed E-state index contributed by atoms with van der Waals surface area (Å²) >= 11 is 6.34. The molecular formula is C22H30ClN5O. The highest BCUT2D eigenvalue weighted by molar-refractivity contribution is 6.29. The van der Waals surface area contributed by atoms with E-state index in [1.807, 2.05) is 6.07 Å². The zero-order valence-corrected chi connectivity index (χ0v) is 18.1. The third kappa shape index (κ3) is 5.18. The number of anilines is 2. The van der Waals surface area contributed by atoms with Crippen LogP contribution in [0.5, 0.6) is 0 Å². The number of nitrogens with zero attached hydrogens (tertiary/aromatic N) is 5. The van der Waals surface area contributed by atoms with Crippen LogP contribution in [0.3, 0.4) is 0 Å². The maximum Gasteiger partial charge on any atom is 0.227 e. The van der Waals surface area contributed by atoms with E-state index in [9.17, 15) is 0 Å². The van der Waals surface area contributed by atoms with E-state index in [-0.39, 0.29) is 0 Å². The molecule has 0 aliphatic carbocycles. The summed E-state index contributed by atoms with van der Waals surface area (Å²) in [5.74, 6) is 1.20. The topological polar surface area (TPSA) is 44.7 Å². The Balaban J connectivity index is 1.36. The molecule has 0 radical (unpaired) electrons. The highest BCUT2D eigenvalue weighted by Gasteiger charge is 2.24. The van der Waals surface area contributed by atoms with E-state index >= 15 is 0 Å². The number of ether oxygens (including phenoxy) is 1. The molecule has 0 N–H and O–H groups in total. The monoisotopic (exact) mass is 415 g/mol. The van der Waals surface area contributed by atoms with Crippen molar-refractivity contribution in [1.82, 2.24) is 14.9 Å². The van der Waals surface area contributed by atoms with Gasteiger partial charge in [-0.15, -0.1) is 0 Å². The molecule has 2 saturated heterocycles. The van der Waals surface area contributed by atoms with Crippen LogP contribution in [0, 0.1) is 0 Å². The van der Waals surface area contributed by atoms with E-state index < -0.39 is 0 Å². The Morgan fingerprint density at radius 1 is 1.03 bits per heavy atom. The van der Waals surface area contributed by atoms with Gasteiger partial charge in [-0.05, 0) is 49.7 Å². The fourth-order valence-corrected chi connectivity index (χ4v) is 4.27. The van der Waals surface area contributed by atoms with E-state index in [0.717, 1.165) is 70.4 Å². The molecule has 4 rings (SSSR count). The SMILES string of the molecule is CN(C)c1ccc(CN2CCC(c3cc(Cl)nc(N4CCOCC4)n3)CC2)cc1. The van der Waals surface area contributed by atoms with Gasteiger partial charge < -0.3 is 14.5 Å². The Morgan fingerprint density at radius 3 is 2.38 bits per heavy atom. The summed E-state index contributed by atoms with van der Waals surface area (Å²) in [6.07, 6.45) is 2.21. The van der Waals surface area contributed by atoms with Crippen LogP contribution in [0.2, 0.25) is 5.15 Å². The number of piperidine rings is 1. The average molecular weight is 416 g/mol. The molecule has 0 spiro atoms. The van der Waals surface area contributed by atoms with E-state index in [4.69, 9.17) is 21.3 Å². The van der Waals surface area contributed by atoms with Gasteiger partial charge in [0.25, 0.3) is 0 Å². The van der Waals surface area contributed by atoms with Crippen LogP contribution >= 0.6 is 11.6 Å². The van der Waals surface area contributed by atoms with Crippen molar-refractivity contribution in [2.75, 3.05) is 63.3 Å². The molecule has 0 unspecified atom stereocenters. The molecule has 7 heteroatoms. The van der Waals surface area contributed by atoms with E-state index in [2.05, 4.69) is 58.0 Å². The quantitative estimate of drug-likeness (QED) is 0.697. The minimum absolute atomic E-state index is 0.447. The zero-order valence-electron chi connectivity index (χ0n) is 17.4. The third-order valence-corrected chi connectivity index (χ3v) is 6.06. The number of benzene rings is 1. The van der Waals surface area contributed by atoms with Crippen LogP contribution < -0.4 is 9.80 Å². The fourth-order valence-electron chi connectivity index (χ4n) is 4.08. The summed E-state index contributed by atoms with van der Waals surface area (Å²) in [7, 11) is 4.15. The van der Waals surface area contributed by atoms with Gasteiger partial charge >= 0.3 is 0 Å². The van der Waals surface area contributed by atoms with Gasteiger partial charge in [0, 0.05) is 45.3 Å². The number of morpholine rings is 1. The van der Waals surface area contributed by atoms with E-state index in [1.165, 1.54) is 11.3 Å². The molecule has 156 valence electrons. The first-order chi connectivity index (χ1) is 14.1. The van der Waals surface area contributed by atoms with Crippen LogP contribution in [0.1, 0.15) is 30.0 Å². The van der Waals surface area contributed by atoms with Gasteiger partial charge in [-0.1, -0.05) is 23.7 Å². The summed E-state index contributed by atoms with van der Waals surface area (Å²) in [4.78, 5) is 16.2. The molecule has 2 aliphatic heterocycles. The second-order valence-corrected chi connectivity index (χ2v) is 8.51. The molecule has 1 aromatic heterocycles. The Kier molecular flexibility index (Phi) is 6.53. The highest BCUT2D eigenvalue weighted by Crippen LogP contribution is 2.30. The van der Waals surface area contributed by atoms with Crippen molar-refractivity contribution in [2.45, 2.75) is 25.3 Å². The van der Waals surface area contributed by atoms with Crippen molar-refractivity contribution in [3.8, 4) is 0 Å². The second kappa shape index (κ2) is 9.28. The van der Waals surface area contributed by atoms with Gasteiger partial charge in [0.2, 0.25) is 5.95 Å². The van der Waals surface area contributed by atoms with Crippen molar-refractivity contribution in [3.63, 3.8) is 0 Å². The largest absolute Gasteiger partial charge is 0.378 e. The molecule has 2 aliphatic rings. The van der Waals surface area contributed by atoms with Crippen LogP contribution in [0.4, 0.5) is 11.6 Å². The Morgan fingerprint density at radius 2 is 1.72 bits per heavy atom. The minimum atomic E-state index is 0.447. The maximum absolute atomic E-state index is 6.34. The van der Waals surface area contributed by atoms with E-state index in [1.54, 1.807) is 0 Å². The van der Waals surface area contributed by atoms with Gasteiger partial charge in [0.1, 0.15) is 5.15 Å². The molecule has 0 amide bonds. The normalized spacial score (nSPS) is 18.8. The van der Waals surface area contributed by atoms with Crippen molar-refractivity contribution in [1.29, 1.82) is 0 Å². The Labute approximate surface area is 178 Å². The number of rotatable bonds is 5. The number of aromatic nitrogens is 2. The van der Waals surface area contributed by atoms with Crippen LogP contribution in [-0.2, 0) is 11.3 Å². The molecule has 0 saturated carbocycles. The second-order valence-electron chi connectivity index (χ2n) is 8.13. The summed E-state index contributed by atoms with van der Waals surface area (Å²) < 4.78 is 5.44. The number of hydrogen-bond donors (Lipinski definition) is 0. The fraction of sp³-hybridized carbons (Fsp3) is 0.545. The molecular weight excluding hydrogens is 386 g/mol. The predicted molar refractivity (Wildman–Crippen MR) is 118 cm³/mol. The predicted octanol–water partition coefficient (Wildman–Crippen LogP) is 3.41. The third-order valence-electron chi connectivity index (χ3n) is 5.86. The minimum Gasteiger partial charge on any atom is -0.378 e. The van der Waals surface area contributed by atoms with Crippen LogP contribution in [0.25, 0.3) is 0 Å². The van der Waals surface area contributed by atoms with E-state index in [0.29, 0.717) is 11.1 Å². The summed E-state index contributed by atoms with van der Waals surface area (Å²) in [6, 6.07) is 10.8. The molecule has 3 heterocycles. The molecule has 2 fully saturated rings. The lowest BCUT2D eigenvalue weighted by Gasteiger charge is -2.32. The Bertz CT molecular complexity index is 799. The van der Waals surface area contributed by atoms with Gasteiger partial charge in [-0.3, -0.25) is 4.90 Å². The zero-order chi connectivity index (χ0) is 20.2. The smallest absolute Gasteiger partial charge is 0.227 e. The summed E-state index contributed by atoms with van der Waals surface area (Å²) in [5.41, 5.74) is 3.69. The maximum atomic E-state index is 6.34. The molecule has 0 atom stereocenters. The lowest BCUT2D eigenvalue weighted by molar-refractivity contribution is 0.122. The molecule has 6 nitrogen and oxygen atoms in total. The average Bonchev–Trinajstić information content (AvgIpc) is 2.75. The van der Waals surface area contributed by atoms with Crippen LogP contribution in [-0.4, -0.2) is 68.4 Å². The number of hydrogen-bond acceptors (Lipinski definition) is 6. The van der Waals surface area contributed by atoms with Crippen LogP contribution in [0.15, 0.2) is 30.3 Å². The van der Waals surface area contributed by atoms with Gasteiger partial charge in [-0.25, -0.2) is 9.97 Å². The van der Waals surface area contributed by atoms with Gasteiger partial charge in [0.05, 0.1) is 18.9 Å². The first-order valence-corrected chi connectivity index (χ1v) is 10.8.